The van der Waals surface area contributed by atoms with Crippen LogP contribution in [0, 0.1) is 0 Å². The fourth-order valence-corrected chi connectivity index (χ4v) is 2.81. The molecule has 3 rings (SSSR count). The zero-order chi connectivity index (χ0) is 13.9. The van der Waals surface area contributed by atoms with E-state index in [1.165, 1.54) is 29.5 Å². The van der Waals surface area contributed by atoms with Crippen LogP contribution in [0.5, 0.6) is 0 Å². The Morgan fingerprint density at radius 3 is 2.65 bits per heavy atom. The van der Waals surface area contributed by atoms with Crippen LogP contribution in [-0.4, -0.2) is 22.9 Å². The van der Waals surface area contributed by atoms with E-state index in [1.54, 1.807) is 0 Å². The Balaban J connectivity index is 1.78. The smallest absolute Gasteiger partial charge is 0.0644 e. The van der Waals surface area contributed by atoms with E-state index in [4.69, 9.17) is 0 Å². The van der Waals surface area contributed by atoms with Gasteiger partial charge in [0.1, 0.15) is 0 Å². The van der Waals surface area contributed by atoms with Gasteiger partial charge in [0.05, 0.1) is 12.2 Å². The molecule has 0 bridgehead atoms. The van der Waals surface area contributed by atoms with Gasteiger partial charge in [0.25, 0.3) is 0 Å². The van der Waals surface area contributed by atoms with Gasteiger partial charge in [-0.15, -0.1) is 0 Å². The van der Waals surface area contributed by atoms with Crippen molar-refractivity contribution >= 4 is 0 Å². The van der Waals surface area contributed by atoms with Crippen LogP contribution in [0.15, 0.2) is 36.7 Å². The number of nitrogens with one attached hydrogen (secondary N) is 1. The van der Waals surface area contributed by atoms with Crippen LogP contribution in [0.4, 0.5) is 0 Å². The zero-order valence-electron chi connectivity index (χ0n) is 12.3. The highest BCUT2D eigenvalue weighted by atomic mass is 15.3. The molecule has 3 nitrogen and oxygen atoms in total. The molecule has 106 valence electrons. The summed E-state index contributed by atoms with van der Waals surface area (Å²) < 4.78 is 2.12. The molecule has 1 aromatic carbocycles. The topological polar surface area (TPSA) is 29.9 Å². The SMILES string of the molecule is CC(C)c1ccc(-c2cnn(C3CCCNC3)c2)cc1. The van der Waals surface area contributed by atoms with Crippen molar-refractivity contribution in [1.29, 1.82) is 0 Å². The van der Waals surface area contributed by atoms with Crippen LogP contribution in [0.1, 0.15) is 44.2 Å². The molecule has 0 spiro atoms. The Hall–Kier alpha value is -1.61. The number of rotatable bonds is 3. The number of piperidine rings is 1. The summed E-state index contributed by atoms with van der Waals surface area (Å²) in [7, 11) is 0. The fraction of sp³-hybridized carbons (Fsp3) is 0.471. The van der Waals surface area contributed by atoms with Crippen LogP contribution >= 0.6 is 0 Å². The summed E-state index contributed by atoms with van der Waals surface area (Å²) in [6.45, 7) is 6.63. The Morgan fingerprint density at radius 1 is 1.20 bits per heavy atom. The van der Waals surface area contributed by atoms with Gasteiger partial charge >= 0.3 is 0 Å². The molecular weight excluding hydrogens is 246 g/mol. The van der Waals surface area contributed by atoms with E-state index in [0.29, 0.717) is 12.0 Å². The van der Waals surface area contributed by atoms with Crippen molar-refractivity contribution in [2.45, 2.75) is 38.6 Å². The summed E-state index contributed by atoms with van der Waals surface area (Å²) in [4.78, 5) is 0. The maximum atomic E-state index is 4.55. The van der Waals surface area contributed by atoms with Crippen LogP contribution < -0.4 is 5.32 Å². The second kappa shape index (κ2) is 5.80. The molecule has 1 saturated heterocycles. The molecule has 1 N–H and O–H groups in total. The summed E-state index contributed by atoms with van der Waals surface area (Å²) in [6, 6.07) is 9.36. The molecule has 3 heteroatoms. The quantitative estimate of drug-likeness (QED) is 0.922. The van der Waals surface area contributed by atoms with Gasteiger partial charge in [-0.25, -0.2) is 0 Å². The van der Waals surface area contributed by atoms with Crippen molar-refractivity contribution in [3.8, 4) is 11.1 Å². The number of hydrogen-bond acceptors (Lipinski definition) is 2. The second-order valence-electron chi connectivity index (χ2n) is 5.99. The van der Waals surface area contributed by atoms with Gasteiger partial charge in [-0.3, -0.25) is 4.68 Å². The molecule has 1 fully saturated rings. The van der Waals surface area contributed by atoms with Crippen molar-refractivity contribution in [3.63, 3.8) is 0 Å². The molecule has 2 aromatic rings. The maximum absolute atomic E-state index is 4.55. The molecule has 2 heterocycles. The minimum atomic E-state index is 0.507. The first-order valence-corrected chi connectivity index (χ1v) is 7.59. The van der Waals surface area contributed by atoms with E-state index in [0.717, 1.165) is 13.1 Å². The first-order chi connectivity index (χ1) is 9.74. The lowest BCUT2D eigenvalue weighted by atomic mass is 10.0. The third-order valence-electron chi connectivity index (χ3n) is 4.16. The van der Waals surface area contributed by atoms with E-state index in [2.05, 4.69) is 59.4 Å². The van der Waals surface area contributed by atoms with E-state index in [1.807, 2.05) is 6.20 Å². The monoisotopic (exact) mass is 269 g/mol. The number of benzene rings is 1. The van der Waals surface area contributed by atoms with Gasteiger partial charge in [-0.1, -0.05) is 38.1 Å². The lowest BCUT2D eigenvalue weighted by Crippen LogP contribution is -2.31. The predicted molar refractivity (Wildman–Crippen MR) is 82.9 cm³/mol. The molecule has 0 radical (unpaired) electrons. The van der Waals surface area contributed by atoms with Crippen molar-refractivity contribution < 1.29 is 0 Å². The fourth-order valence-electron chi connectivity index (χ4n) is 2.81. The zero-order valence-corrected chi connectivity index (χ0v) is 12.3. The first-order valence-electron chi connectivity index (χ1n) is 7.59. The molecule has 1 aliphatic heterocycles. The summed E-state index contributed by atoms with van der Waals surface area (Å²) in [5, 5.41) is 7.99. The highest BCUT2D eigenvalue weighted by molar-refractivity contribution is 5.62. The van der Waals surface area contributed by atoms with Crippen LogP contribution in [0.25, 0.3) is 11.1 Å². The average molecular weight is 269 g/mol. The summed E-state index contributed by atoms with van der Waals surface area (Å²) in [5.41, 5.74) is 3.85. The average Bonchev–Trinajstić information content (AvgIpc) is 2.98. The molecule has 1 atom stereocenters. The van der Waals surface area contributed by atoms with Crippen LogP contribution in [-0.2, 0) is 0 Å². The van der Waals surface area contributed by atoms with Crippen LogP contribution in [0.2, 0.25) is 0 Å². The lowest BCUT2D eigenvalue weighted by molar-refractivity contribution is 0.347. The van der Waals surface area contributed by atoms with Gasteiger partial charge in [0.15, 0.2) is 0 Å². The third-order valence-corrected chi connectivity index (χ3v) is 4.16. The summed E-state index contributed by atoms with van der Waals surface area (Å²) >= 11 is 0. The molecule has 1 unspecified atom stereocenters. The Morgan fingerprint density at radius 2 is 2.00 bits per heavy atom. The molecule has 0 saturated carbocycles. The van der Waals surface area contributed by atoms with E-state index < -0.39 is 0 Å². The standard InChI is InChI=1S/C17H23N3/c1-13(2)14-5-7-15(8-6-14)16-10-19-20(12-16)17-4-3-9-18-11-17/h5-8,10,12-13,17-18H,3-4,9,11H2,1-2H3. The number of nitrogens with zero attached hydrogens (tertiary/aromatic N) is 2. The molecular formula is C17H23N3. The highest BCUT2D eigenvalue weighted by Crippen LogP contribution is 2.24. The van der Waals surface area contributed by atoms with Crippen molar-refractivity contribution in [3.05, 3.63) is 42.2 Å². The van der Waals surface area contributed by atoms with Crippen LogP contribution in [0.3, 0.4) is 0 Å². The first kappa shape index (κ1) is 13.4. The Labute approximate surface area is 121 Å². The molecule has 1 aliphatic rings. The van der Waals surface area contributed by atoms with Gasteiger partial charge in [-0.05, 0) is 36.4 Å². The van der Waals surface area contributed by atoms with E-state index in [-0.39, 0.29) is 0 Å². The largest absolute Gasteiger partial charge is 0.315 e. The van der Waals surface area contributed by atoms with E-state index >= 15 is 0 Å². The number of hydrogen-bond donors (Lipinski definition) is 1. The van der Waals surface area contributed by atoms with Crippen molar-refractivity contribution in [2.24, 2.45) is 0 Å². The Kier molecular flexibility index (Phi) is 3.88. The van der Waals surface area contributed by atoms with Crippen molar-refractivity contribution in [2.75, 3.05) is 13.1 Å². The summed E-state index contributed by atoms with van der Waals surface area (Å²) in [6.07, 6.45) is 6.63. The summed E-state index contributed by atoms with van der Waals surface area (Å²) in [5.74, 6) is 0.583. The third kappa shape index (κ3) is 2.78. The maximum Gasteiger partial charge on any atom is 0.0644 e. The number of aromatic nitrogens is 2. The highest BCUT2D eigenvalue weighted by Gasteiger charge is 2.15. The van der Waals surface area contributed by atoms with Crippen molar-refractivity contribution in [1.82, 2.24) is 15.1 Å². The van der Waals surface area contributed by atoms with E-state index in [9.17, 15) is 0 Å². The Bertz CT molecular complexity index is 548. The predicted octanol–water partition coefficient (Wildman–Crippen LogP) is 3.60. The van der Waals surface area contributed by atoms with Gasteiger partial charge in [0, 0.05) is 18.3 Å². The second-order valence-corrected chi connectivity index (χ2v) is 5.99. The lowest BCUT2D eigenvalue weighted by Gasteiger charge is -2.22. The molecule has 20 heavy (non-hydrogen) atoms. The minimum absolute atomic E-state index is 0.507. The molecule has 0 aliphatic carbocycles. The van der Waals surface area contributed by atoms with Gasteiger partial charge in [-0.2, -0.15) is 5.10 Å². The van der Waals surface area contributed by atoms with Gasteiger partial charge in [0.2, 0.25) is 0 Å². The minimum Gasteiger partial charge on any atom is -0.315 e. The molecule has 0 amide bonds. The normalized spacial score (nSPS) is 19.4. The molecule has 1 aromatic heterocycles. The van der Waals surface area contributed by atoms with Gasteiger partial charge < -0.3 is 5.32 Å².